The molecule has 0 fully saturated rings. The zero-order chi connectivity index (χ0) is 12.1. The molecule has 1 aromatic carbocycles. The van der Waals surface area contributed by atoms with Gasteiger partial charge in [-0.3, -0.25) is 9.59 Å². The Hall–Kier alpha value is -1.35. The average Bonchev–Trinajstić information content (AvgIpc) is 2.30. The third kappa shape index (κ3) is 2.83. The molecule has 1 amide bonds. The van der Waals surface area contributed by atoms with Crippen molar-refractivity contribution in [1.29, 1.82) is 0 Å². The van der Waals surface area contributed by atoms with Crippen molar-refractivity contribution >= 4 is 29.0 Å². The summed E-state index contributed by atoms with van der Waals surface area (Å²) in [6.45, 7) is 3.15. The van der Waals surface area contributed by atoms with E-state index in [1.165, 1.54) is 11.8 Å². The van der Waals surface area contributed by atoms with Crippen molar-refractivity contribution in [1.82, 2.24) is 0 Å². The number of carbonyl (C=O) groups excluding carboxylic acids is 2. The van der Waals surface area contributed by atoms with Gasteiger partial charge in [-0.15, -0.1) is 11.6 Å². The molecule has 0 heterocycles. The second-order valence-electron chi connectivity index (χ2n) is 3.52. The van der Waals surface area contributed by atoms with Crippen molar-refractivity contribution in [3.63, 3.8) is 0 Å². The monoisotopic (exact) mass is 239 g/mol. The lowest BCUT2D eigenvalue weighted by molar-refractivity contribution is -0.122. The molecule has 4 heteroatoms. The standard InChI is InChI=1S/C12H14ClNO2/c1-9(10(2)15)14(12(16)8-13)11-6-4-3-5-7-11/h3-7,9H,8H2,1-2H3. The fourth-order valence-corrected chi connectivity index (χ4v) is 1.55. The van der Waals surface area contributed by atoms with Crippen LogP contribution in [-0.4, -0.2) is 23.6 Å². The summed E-state index contributed by atoms with van der Waals surface area (Å²) in [7, 11) is 0. The van der Waals surface area contributed by atoms with Crippen LogP contribution < -0.4 is 4.90 Å². The van der Waals surface area contributed by atoms with Gasteiger partial charge in [-0.1, -0.05) is 18.2 Å². The van der Waals surface area contributed by atoms with E-state index in [0.717, 1.165) is 0 Å². The average molecular weight is 240 g/mol. The Kier molecular flexibility index (Phi) is 4.50. The fraction of sp³-hybridized carbons (Fsp3) is 0.333. The number of hydrogen-bond donors (Lipinski definition) is 0. The number of anilines is 1. The van der Waals surface area contributed by atoms with Gasteiger partial charge in [0.15, 0.2) is 5.78 Å². The summed E-state index contributed by atoms with van der Waals surface area (Å²) in [5.41, 5.74) is 0.691. The van der Waals surface area contributed by atoms with Crippen LogP contribution in [0.15, 0.2) is 30.3 Å². The summed E-state index contributed by atoms with van der Waals surface area (Å²) in [6, 6.07) is 8.56. The minimum atomic E-state index is -0.492. The van der Waals surface area contributed by atoms with E-state index < -0.39 is 6.04 Å². The number of para-hydroxylation sites is 1. The second-order valence-corrected chi connectivity index (χ2v) is 3.79. The molecule has 1 atom stereocenters. The normalized spacial score (nSPS) is 11.9. The number of amides is 1. The molecule has 0 N–H and O–H groups in total. The van der Waals surface area contributed by atoms with Crippen LogP contribution in [0.25, 0.3) is 0 Å². The van der Waals surface area contributed by atoms with E-state index in [1.54, 1.807) is 19.1 Å². The fourth-order valence-electron chi connectivity index (χ4n) is 1.42. The quantitative estimate of drug-likeness (QED) is 0.756. The first-order chi connectivity index (χ1) is 7.57. The molecule has 0 aliphatic rings. The first-order valence-corrected chi connectivity index (χ1v) is 5.55. The van der Waals surface area contributed by atoms with Gasteiger partial charge in [0.05, 0.1) is 6.04 Å². The van der Waals surface area contributed by atoms with E-state index in [1.807, 2.05) is 18.2 Å². The molecule has 86 valence electrons. The molecule has 0 aromatic heterocycles. The Morgan fingerprint density at radius 2 is 1.88 bits per heavy atom. The Morgan fingerprint density at radius 1 is 1.31 bits per heavy atom. The minimum absolute atomic E-state index is 0.0673. The molecule has 1 unspecified atom stereocenters. The van der Waals surface area contributed by atoms with Crippen molar-refractivity contribution < 1.29 is 9.59 Å². The molecule has 0 radical (unpaired) electrons. The van der Waals surface area contributed by atoms with Crippen LogP contribution >= 0.6 is 11.6 Å². The molecule has 0 bridgehead atoms. The molecule has 1 rings (SSSR count). The smallest absolute Gasteiger partial charge is 0.242 e. The zero-order valence-corrected chi connectivity index (χ0v) is 10.1. The topological polar surface area (TPSA) is 37.4 Å². The number of benzene rings is 1. The number of nitrogens with zero attached hydrogens (tertiary/aromatic N) is 1. The van der Waals surface area contributed by atoms with Gasteiger partial charge < -0.3 is 4.90 Å². The van der Waals surface area contributed by atoms with Crippen molar-refractivity contribution in [2.45, 2.75) is 19.9 Å². The maximum absolute atomic E-state index is 11.7. The van der Waals surface area contributed by atoms with Gasteiger partial charge in [-0.2, -0.15) is 0 Å². The molecule has 0 saturated heterocycles. The minimum Gasteiger partial charge on any atom is -0.301 e. The maximum atomic E-state index is 11.7. The highest BCUT2D eigenvalue weighted by Crippen LogP contribution is 2.17. The zero-order valence-electron chi connectivity index (χ0n) is 9.31. The van der Waals surface area contributed by atoms with E-state index in [-0.39, 0.29) is 17.6 Å². The number of rotatable bonds is 4. The van der Waals surface area contributed by atoms with Gasteiger partial charge in [-0.25, -0.2) is 0 Å². The number of ketones is 1. The van der Waals surface area contributed by atoms with Crippen LogP contribution in [0, 0.1) is 0 Å². The van der Waals surface area contributed by atoms with Crippen LogP contribution in [-0.2, 0) is 9.59 Å². The summed E-state index contributed by atoms with van der Waals surface area (Å²) in [6.07, 6.45) is 0. The van der Waals surface area contributed by atoms with E-state index in [4.69, 9.17) is 11.6 Å². The molecule has 0 spiro atoms. The lowest BCUT2D eigenvalue weighted by atomic mass is 10.1. The highest BCUT2D eigenvalue weighted by molar-refractivity contribution is 6.29. The molecular weight excluding hydrogens is 226 g/mol. The molecule has 0 saturated carbocycles. The summed E-state index contributed by atoms with van der Waals surface area (Å²) >= 11 is 5.54. The highest BCUT2D eigenvalue weighted by atomic mass is 35.5. The molecule has 3 nitrogen and oxygen atoms in total. The predicted octanol–water partition coefficient (Wildman–Crippen LogP) is 2.24. The van der Waals surface area contributed by atoms with E-state index >= 15 is 0 Å². The number of halogens is 1. The van der Waals surface area contributed by atoms with Crippen LogP contribution in [0.2, 0.25) is 0 Å². The summed E-state index contributed by atoms with van der Waals surface area (Å²) in [5, 5.41) is 0. The molecule has 0 aliphatic heterocycles. The number of alkyl halides is 1. The Labute approximate surface area is 100 Å². The van der Waals surface area contributed by atoms with Gasteiger partial charge in [0.1, 0.15) is 5.88 Å². The van der Waals surface area contributed by atoms with Gasteiger partial charge >= 0.3 is 0 Å². The Balaban J connectivity index is 3.06. The number of Topliss-reactive ketones (excluding diaryl/α,β-unsaturated/α-hetero) is 1. The third-order valence-corrected chi connectivity index (χ3v) is 2.62. The molecule has 1 aromatic rings. The first-order valence-electron chi connectivity index (χ1n) is 5.01. The summed E-state index contributed by atoms with van der Waals surface area (Å²) < 4.78 is 0. The molecule has 16 heavy (non-hydrogen) atoms. The first kappa shape index (κ1) is 12.7. The number of hydrogen-bond acceptors (Lipinski definition) is 2. The van der Waals surface area contributed by atoms with Crippen LogP contribution in [0.4, 0.5) is 5.69 Å². The third-order valence-electron chi connectivity index (χ3n) is 2.39. The highest BCUT2D eigenvalue weighted by Gasteiger charge is 2.23. The van der Waals surface area contributed by atoms with Crippen molar-refractivity contribution in [3.05, 3.63) is 30.3 Å². The lowest BCUT2D eigenvalue weighted by Gasteiger charge is -2.26. The molecule has 0 aliphatic carbocycles. The number of carbonyl (C=O) groups is 2. The van der Waals surface area contributed by atoms with E-state index in [9.17, 15) is 9.59 Å². The van der Waals surface area contributed by atoms with Crippen LogP contribution in [0.3, 0.4) is 0 Å². The van der Waals surface area contributed by atoms with Crippen molar-refractivity contribution in [2.75, 3.05) is 10.8 Å². The summed E-state index contributed by atoms with van der Waals surface area (Å²) in [4.78, 5) is 24.5. The summed E-state index contributed by atoms with van der Waals surface area (Å²) in [5.74, 6) is -0.468. The predicted molar refractivity (Wildman–Crippen MR) is 64.8 cm³/mol. The Bertz CT molecular complexity index is 378. The largest absolute Gasteiger partial charge is 0.301 e. The van der Waals surface area contributed by atoms with Crippen molar-refractivity contribution in [2.24, 2.45) is 0 Å². The van der Waals surface area contributed by atoms with Gasteiger partial charge in [0.25, 0.3) is 0 Å². The second kappa shape index (κ2) is 5.66. The van der Waals surface area contributed by atoms with E-state index in [0.29, 0.717) is 5.69 Å². The van der Waals surface area contributed by atoms with Crippen LogP contribution in [0.1, 0.15) is 13.8 Å². The SMILES string of the molecule is CC(=O)C(C)N(C(=O)CCl)c1ccccc1. The van der Waals surface area contributed by atoms with Gasteiger partial charge in [0, 0.05) is 5.69 Å². The van der Waals surface area contributed by atoms with Gasteiger partial charge in [0.2, 0.25) is 5.91 Å². The Morgan fingerprint density at radius 3 is 2.31 bits per heavy atom. The van der Waals surface area contributed by atoms with Crippen LogP contribution in [0.5, 0.6) is 0 Å². The molecular formula is C12H14ClNO2. The van der Waals surface area contributed by atoms with Crippen molar-refractivity contribution in [3.8, 4) is 0 Å². The van der Waals surface area contributed by atoms with Gasteiger partial charge in [-0.05, 0) is 26.0 Å². The maximum Gasteiger partial charge on any atom is 0.242 e. The lowest BCUT2D eigenvalue weighted by Crippen LogP contribution is -2.43. The van der Waals surface area contributed by atoms with E-state index in [2.05, 4.69) is 0 Å².